The van der Waals surface area contributed by atoms with Crippen molar-refractivity contribution in [3.05, 3.63) is 77.0 Å². The number of fused-ring (bicyclic) bond motifs is 1. The van der Waals surface area contributed by atoms with E-state index in [-0.39, 0.29) is 23.0 Å². The number of carbonyl (C=O) groups excluding carboxylic acids is 1. The molecule has 0 spiro atoms. The minimum Gasteiger partial charge on any atom is -0.355 e. The lowest BCUT2D eigenvalue weighted by atomic mass is 10.1. The number of anilines is 1. The maximum atomic E-state index is 13.0. The molecule has 0 aliphatic rings. The van der Waals surface area contributed by atoms with Crippen molar-refractivity contribution in [3.8, 4) is 11.1 Å². The summed E-state index contributed by atoms with van der Waals surface area (Å²) in [5.41, 5.74) is 3.07. The third kappa shape index (κ3) is 3.93. The van der Waals surface area contributed by atoms with Gasteiger partial charge in [-0.25, -0.2) is 9.37 Å². The number of aromatic amines is 1. The quantitative estimate of drug-likeness (QED) is 0.389. The largest absolute Gasteiger partial charge is 0.355 e. The van der Waals surface area contributed by atoms with Crippen molar-refractivity contribution in [1.29, 1.82) is 0 Å². The first-order valence-corrected chi connectivity index (χ1v) is 9.83. The Kier molecular flexibility index (Phi) is 5.18. The van der Waals surface area contributed by atoms with E-state index in [4.69, 9.17) is 0 Å². The number of benzene rings is 2. The number of nitrogens with one attached hydrogen (secondary N) is 2. The average molecular weight is 408 g/mol. The molecule has 0 radical (unpaired) electrons. The molecular weight excluding hydrogens is 391 g/mol. The van der Waals surface area contributed by atoms with E-state index in [0.717, 1.165) is 11.1 Å². The molecule has 8 heteroatoms. The first-order chi connectivity index (χ1) is 14.0. The highest BCUT2D eigenvalue weighted by Crippen LogP contribution is 2.27. The van der Waals surface area contributed by atoms with Crippen molar-refractivity contribution in [2.45, 2.75) is 5.16 Å². The second-order valence-corrected chi connectivity index (χ2v) is 7.34. The van der Waals surface area contributed by atoms with Crippen molar-refractivity contribution >= 4 is 34.4 Å². The minimum atomic E-state index is -0.370. The third-order valence-corrected chi connectivity index (χ3v) is 5.44. The summed E-state index contributed by atoms with van der Waals surface area (Å²) in [6.45, 7) is 0. The molecule has 2 aromatic heterocycles. The zero-order valence-corrected chi connectivity index (χ0v) is 16.3. The first-order valence-electron chi connectivity index (χ1n) is 8.84. The van der Waals surface area contributed by atoms with Crippen LogP contribution in [0.3, 0.4) is 0 Å². The minimum absolute atomic E-state index is 0.0637. The highest BCUT2D eigenvalue weighted by molar-refractivity contribution is 7.99. The van der Waals surface area contributed by atoms with Gasteiger partial charge in [0.2, 0.25) is 5.91 Å². The molecule has 6 nitrogen and oxygen atoms in total. The van der Waals surface area contributed by atoms with Crippen LogP contribution in [0.15, 0.2) is 70.7 Å². The molecule has 0 bridgehead atoms. The monoisotopic (exact) mass is 408 g/mol. The van der Waals surface area contributed by atoms with Crippen LogP contribution in [0.5, 0.6) is 0 Å². The summed E-state index contributed by atoms with van der Waals surface area (Å²) >= 11 is 1.17. The predicted octanol–water partition coefficient (Wildman–Crippen LogP) is 3.80. The molecule has 0 aliphatic carbocycles. The van der Waals surface area contributed by atoms with Crippen LogP contribution in [0, 0.1) is 5.82 Å². The van der Waals surface area contributed by atoms with Gasteiger partial charge in [-0.1, -0.05) is 42.1 Å². The van der Waals surface area contributed by atoms with Gasteiger partial charge in [0, 0.05) is 24.5 Å². The lowest BCUT2D eigenvalue weighted by Gasteiger charge is -2.08. The summed E-state index contributed by atoms with van der Waals surface area (Å²) in [7, 11) is 1.62. The van der Waals surface area contributed by atoms with E-state index in [0.29, 0.717) is 21.9 Å². The van der Waals surface area contributed by atoms with Crippen molar-refractivity contribution in [1.82, 2.24) is 14.5 Å². The van der Waals surface area contributed by atoms with Crippen molar-refractivity contribution in [3.63, 3.8) is 0 Å². The van der Waals surface area contributed by atoms with Gasteiger partial charge in [-0.3, -0.25) is 14.2 Å². The van der Waals surface area contributed by atoms with Gasteiger partial charge in [0.1, 0.15) is 16.9 Å². The fourth-order valence-electron chi connectivity index (χ4n) is 2.95. The molecule has 4 aromatic rings. The van der Waals surface area contributed by atoms with E-state index in [1.54, 1.807) is 13.2 Å². The van der Waals surface area contributed by atoms with E-state index in [9.17, 15) is 14.0 Å². The molecule has 1 amide bonds. The molecule has 2 heterocycles. The summed E-state index contributed by atoms with van der Waals surface area (Å²) in [5.74, 6) is -0.576. The number of amides is 1. The predicted molar refractivity (Wildman–Crippen MR) is 113 cm³/mol. The molecule has 4 rings (SSSR count). The lowest BCUT2D eigenvalue weighted by Crippen LogP contribution is -2.21. The zero-order valence-electron chi connectivity index (χ0n) is 15.5. The van der Waals surface area contributed by atoms with Gasteiger partial charge in [0.15, 0.2) is 5.16 Å². The number of aromatic nitrogens is 3. The molecule has 2 aromatic carbocycles. The molecule has 0 saturated carbocycles. The maximum absolute atomic E-state index is 13.0. The Hall–Kier alpha value is -3.39. The fourth-order valence-corrected chi connectivity index (χ4v) is 3.71. The van der Waals surface area contributed by atoms with Gasteiger partial charge in [-0.15, -0.1) is 0 Å². The molecule has 146 valence electrons. The van der Waals surface area contributed by atoms with Gasteiger partial charge >= 0.3 is 0 Å². The molecule has 0 saturated heterocycles. The topological polar surface area (TPSA) is 79.8 Å². The standard InChI is InChI=1S/C21H17FN4O2S/c1-26-20(28)19-18(16(11-23-19)13-5-3-2-4-6-13)25-21(26)29-12-17(27)24-15-9-7-14(22)8-10-15/h2-11,23H,12H2,1H3,(H,24,27). The molecule has 0 atom stereocenters. The van der Waals surface area contributed by atoms with Gasteiger partial charge < -0.3 is 10.3 Å². The van der Waals surface area contributed by atoms with Crippen LogP contribution in [-0.2, 0) is 11.8 Å². The Morgan fingerprint density at radius 1 is 1.17 bits per heavy atom. The number of hydrogen-bond donors (Lipinski definition) is 2. The fraction of sp³-hybridized carbons (Fsp3) is 0.0952. The summed E-state index contributed by atoms with van der Waals surface area (Å²) in [6.07, 6.45) is 1.77. The Balaban J connectivity index is 1.58. The van der Waals surface area contributed by atoms with Gasteiger partial charge in [-0.05, 0) is 29.8 Å². The smallest absolute Gasteiger partial charge is 0.278 e. The number of carbonyl (C=O) groups is 1. The maximum Gasteiger partial charge on any atom is 0.278 e. The number of halogens is 1. The number of hydrogen-bond acceptors (Lipinski definition) is 4. The number of rotatable bonds is 5. The Morgan fingerprint density at radius 3 is 2.62 bits per heavy atom. The van der Waals surface area contributed by atoms with Crippen LogP contribution in [-0.4, -0.2) is 26.2 Å². The summed E-state index contributed by atoms with van der Waals surface area (Å²) in [5, 5.41) is 3.13. The van der Waals surface area contributed by atoms with Crippen LogP contribution < -0.4 is 10.9 Å². The third-order valence-electron chi connectivity index (χ3n) is 4.41. The number of thioether (sulfide) groups is 1. The normalized spacial score (nSPS) is 11.0. The van der Waals surface area contributed by atoms with Gasteiger partial charge in [-0.2, -0.15) is 0 Å². The van der Waals surface area contributed by atoms with Crippen molar-refractivity contribution < 1.29 is 9.18 Å². The van der Waals surface area contributed by atoms with Crippen LogP contribution in [0.2, 0.25) is 0 Å². The molecule has 0 aliphatic heterocycles. The van der Waals surface area contributed by atoms with Crippen molar-refractivity contribution in [2.75, 3.05) is 11.1 Å². The lowest BCUT2D eigenvalue weighted by molar-refractivity contribution is -0.113. The summed E-state index contributed by atoms with van der Waals surface area (Å²) in [4.78, 5) is 32.6. The van der Waals surface area contributed by atoms with Crippen LogP contribution in [0.25, 0.3) is 22.2 Å². The Labute approximate surface area is 169 Å². The summed E-state index contributed by atoms with van der Waals surface area (Å²) < 4.78 is 14.4. The average Bonchev–Trinajstić information content (AvgIpc) is 3.16. The number of nitrogens with zero attached hydrogens (tertiary/aromatic N) is 2. The molecule has 29 heavy (non-hydrogen) atoms. The van der Waals surface area contributed by atoms with Crippen LogP contribution >= 0.6 is 11.8 Å². The molecule has 0 fully saturated rings. The van der Waals surface area contributed by atoms with Crippen LogP contribution in [0.4, 0.5) is 10.1 Å². The molecule has 0 unspecified atom stereocenters. The van der Waals surface area contributed by atoms with E-state index in [1.165, 1.54) is 40.6 Å². The first kappa shape index (κ1) is 18.9. The second-order valence-electron chi connectivity index (χ2n) is 6.39. The van der Waals surface area contributed by atoms with E-state index in [2.05, 4.69) is 15.3 Å². The zero-order chi connectivity index (χ0) is 20.4. The van der Waals surface area contributed by atoms with E-state index >= 15 is 0 Å². The summed E-state index contributed by atoms with van der Waals surface area (Å²) in [6, 6.07) is 15.2. The van der Waals surface area contributed by atoms with Crippen molar-refractivity contribution in [2.24, 2.45) is 7.05 Å². The molecular formula is C21H17FN4O2S. The highest BCUT2D eigenvalue weighted by atomic mass is 32.2. The van der Waals surface area contributed by atoms with Gasteiger partial charge in [0.05, 0.1) is 5.75 Å². The Bertz CT molecular complexity index is 1230. The highest BCUT2D eigenvalue weighted by Gasteiger charge is 2.16. The van der Waals surface area contributed by atoms with Gasteiger partial charge in [0.25, 0.3) is 5.56 Å². The number of H-pyrrole nitrogens is 1. The van der Waals surface area contributed by atoms with E-state index in [1.807, 2.05) is 30.3 Å². The molecule has 2 N–H and O–H groups in total. The van der Waals surface area contributed by atoms with E-state index < -0.39 is 0 Å². The second kappa shape index (κ2) is 7.92. The Morgan fingerprint density at radius 2 is 1.90 bits per heavy atom. The SMILES string of the molecule is Cn1c(SCC(=O)Nc2ccc(F)cc2)nc2c(-c3ccccc3)c[nH]c2c1=O. The van der Waals surface area contributed by atoms with Crippen LogP contribution in [0.1, 0.15) is 0 Å².